The van der Waals surface area contributed by atoms with Crippen LogP contribution in [-0.2, 0) is 6.42 Å². The van der Waals surface area contributed by atoms with E-state index in [9.17, 15) is 14.7 Å². The van der Waals surface area contributed by atoms with E-state index in [4.69, 9.17) is 0 Å². The maximum atomic E-state index is 12.6. The SMILES string of the molecule is CCc1c(-c2c(-c3cc(C)cc(C)c3)[nH]c3ccc(O)cc23)ccc2c1C(=O)NC2=O. The van der Waals surface area contributed by atoms with Gasteiger partial charge in [-0.2, -0.15) is 0 Å². The third kappa shape index (κ3) is 2.93. The van der Waals surface area contributed by atoms with Crippen LogP contribution in [0.5, 0.6) is 5.75 Å². The van der Waals surface area contributed by atoms with Gasteiger partial charge in [-0.3, -0.25) is 14.9 Å². The molecule has 0 saturated carbocycles. The van der Waals surface area contributed by atoms with Gasteiger partial charge in [-0.15, -0.1) is 0 Å². The fourth-order valence-corrected chi connectivity index (χ4v) is 4.73. The molecule has 2 amide bonds. The highest BCUT2D eigenvalue weighted by atomic mass is 16.3. The lowest BCUT2D eigenvalue weighted by Gasteiger charge is -2.14. The first kappa shape index (κ1) is 19.1. The summed E-state index contributed by atoms with van der Waals surface area (Å²) in [4.78, 5) is 28.3. The van der Waals surface area contributed by atoms with E-state index < -0.39 is 0 Å². The average molecular weight is 410 g/mol. The standard InChI is InChI=1S/C26H22N2O3/c1-4-17-18(6-7-19-23(17)26(31)28-25(19)30)22-20-12-16(29)5-8-21(20)27-24(22)15-10-13(2)9-14(3)11-15/h5-12,27,29H,4H2,1-3H3,(H,28,30,31). The monoisotopic (exact) mass is 410 g/mol. The molecule has 3 N–H and O–H groups in total. The summed E-state index contributed by atoms with van der Waals surface area (Å²) in [7, 11) is 0. The lowest BCUT2D eigenvalue weighted by molar-refractivity contribution is 0.0879. The van der Waals surface area contributed by atoms with E-state index in [0.717, 1.165) is 50.0 Å². The number of carbonyl (C=O) groups excluding carboxylic acids is 2. The van der Waals surface area contributed by atoms with Crippen molar-refractivity contribution in [2.75, 3.05) is 0 Å². The second-order valence-corrected chi connectivity index (χ2v) is 8.13. The molecular formula is C26H22N2O3. The Morgan fingerprint density at radius 3 is 2.26 bits per heavy atom. The second-order valence-electron chi connectivity index (χ2n) is 8.13. The van der Waals surface area contributed by atoms with Crippen LogP contribution in [0, 0.1) is 13.8 Å². The van der Waals surface area contributed by atoms with Crippen LogP contribution in [0.4, 0.5) is 0 Å². The molecule has 5 rings (SSSR count). The van der Waals surface area contributed by atoms with Gasteiger partial charge in [0.1, 0.15) is 5.75 Å². The minimum absolute atomic E-state index is 0.173. The predicted molar refractivity (Wildman–Crippen MR) is 121 cm³/mol. The molecule has 0 aliphatic carbocycles. The van der Waals surface area contributed by atoms with Crippen LogP contribution < -0.4 is 5.32 Å². The molecule has 5 heteroatoms. The fourth-order valence-electron chi connectivity index (χ4n) is 4.73. The lowest BCUT2D eigenvalue weighted by Crippen LogP contribution is -2.20. The zero-order chi connectivity index (χ0) is 21.9. The molecule has 0 saturated heterocycles. The van der Waals surface area contributed by atoms with Gasteiger partial charge in [-0.25, -0.2) is 0 Å². The summed E-state index contributed by atoms with van der Waals surface area (Å²) >= 11 is 0. The number of hydrogen-bond acceptors (Lipinski definition) is 3. The summed E-state index contributed by atoms with van der Waals surface area (Å²) in [6.45, 7) is 6.11. The molecule has 154 valence electrons. The van der Waals surface area contributed by atoms with Gasteiger partial charge in [-0.1, -0.05) is 30.2 Å². The number of benzene rings is 3. The van der Waals surface area contributed by atoms with Crippen molar-refractivity contribution in [3.8, 4) is 28.1 Å². The third-order valence-electron chi connectivity index (χ3n) is 5.93. The summed E-state index contributed by atoms with van der Waals surface area (Å²) in [5.74, 6) is -0.534. The number of H-pyrrole nitrogens is 1. The smallest absolute Gasteiger partial charge is 0.259 e. The number of fused-ring (bicyclic) bond motifs is 2. The summed E-state index contributed by atoms with van der Waals surface area (Å²) in [5.41, 5.74) is 8.65. The normalized spacial score (nSPS) is 13.0. The zero-order valence-corrected chi connectivity index (χ0v) is 17.6. The van der Waals surface area contributed by atoms with Crippen LogP contribution in [0.2, 0.25) is 0 Å². The van der Waals surface area contributed by atoms with Crippen LogP contribution in [0.1, 0.15) is 44.3 Å². The number of imide groups is 1. The Morgan fingerprint density at radius 2 is 1.55 bits per heavy atom. The van der Waals surface area contributed by atoms with Gasteiger partial charge < -0.3 is 10.1 Å². The summed E-state index contributed by atoms with van der Waals surface area (Å²) in [6.07, 6.45) is 0.594. The highest BCUT2D eigenvalue weighted by Crippen LogP contribution is 2.43. The quantitative estimate of drug-likeness (QED) is 0.402. The summed E-state index contributed by atoms with van der Waals surface area (Å²) in [6, 6.07) is 15.3. The van der Waals surface area contributed by atoms with Gasteiger partial charge >= 0.3 is 0 Å². The number of hydrogen-bond donors (Lipinski definition) is 3. The predicted octanol–water partition coefficient (Wildman–Crippen LogP) is 5.27. The van der Waals surface area contributed by atoms with E-state index in [1.807, 2.05) is 19.1 Å². The zero-order valence-electron chi connectivity index (χ0n) is 17.6. The van der Waals surface area contributed by atoms with Gasteiger partial charge in [0.05, 0.1) is 16.8 Å². The number of aryl methyl sites for hydroxylation is 2. The van der Waals surface area contributed by atoms with E-state index in [1.165, 1.54) is 0 Å². The maximum absolute atomic E-state index is 12.6. The minimum Gasteiger partial charge on any atom is -0.508 e. The van der Waals surface area contributed by atoms with Crippen LogP contribution in [-0.4, -0.2) is 21.9 Å². The molecule has 1 aliphatic heterocycles. The van der Waals surface area contributed by atoms with Crippen molar-refractivity contribution < 1.29 is 14.7 Å². The molecule has 5 nitrogen and oxygen atoms in total. The molecule has 31 heavy (non-hydrogen) atoms. The molecule has 3 aromatic carbocycles. The van der Waals surface area contributed by atoms with Crippen LogP contribution >= 0.6 is 0 Å². The maximum Gasteiger partial charge on any atom is 0.259 e. The lowest BCUT2D eigenvalue weighted by atomic mass is 9.88. The van der Waals surface area contributed by atoms with E-state index in [-0.39, 0.29) is 17.6 Å². The first-order valence-corrected chi connectivity index (χ1v) is 10.3. The van der Waals surface area contributed by atoms with Crippen LogP contribution in [0.25, 0.3) is 33.3 Å². The molecule has 1 aromatic heterocycles. The Kier molecular flexibility index (Phi) is 4.22. The molecule has 0 fully saturated rings. The Hall–Kier alpha value is -3.86. The first-order valence-electron chi connectivity index (χ1n) is 10.3. The molecule has 0 bridgehead atoms. The number of amides is 2. The van der Waals surface area contributed by atoms with Gasteiger partial charge in [0, 0.05) is 16.5 Å². The van der Waals surface area contributed by atoms with Gasteiger partial charge in [0.25, 0.3) is 11.8 Å². The first-order chi connectivity index (χ1) is 14.9. The van der Waals surface area contributed by atoms with Crippen molar-refractivity contribution in [1.29, 1.82) is 0 Å². The molecular weight excluding hydrogens is 388 g/mol. The fraction of sp³-hybridized carbons (Fsp3) is 0.154. The van der Waals surface area contributed by atoms with Gasteiger partial charge in [0.15, 0.2) is 0 Å². The Bertz CT molecular complexity index is 1390. The number of rotatable bonds is 3. The largest absolute Gasteiger partial charge is 0.508 e. The Balaban J connectivity index is 1.89. The molecule has 4 aromatic rings. The van der Waals surface area contributed by atoms with E-state index in [2.05, 4.69) is 42.3 Å². The molecule has 2 heterocycles. The van der Waals surface area contributed by atoms with Gasteiger partial charge in [-0.05, 0) is 73.4 Å². The molecule has 0 atom stereocenters. The number of nitrogens with one attached hydrogen (secondary N) is 2. The van der Waals surface area contributed by atoms with Crippen molar-refractivity contribution in [1.82, 2.24) is 10.3 Å². The number of aromatic nitrogens is 1. The van der Waals surface area contributed by atoms with Crippen molar-refractivity contribution in [3.63, 3.8) is 0 Å². The molecule has 0 radical (unpaired) electrons. The number of phenols is 1. The second kappa shape index (κ2) is 6.84. The highest BCUT2D eigenvalue weighted by molar-refractivity contribution is 6.23. The minimum atomic E-state index is -0.354. The molecule has 1 aliphatic rings. The number of aromatic hydroxyl groups is 1. The average Bonchev–Trinajstić information content (AvgIpc) is 3.23. The van der Waals surface area contributed by atoms with Crippen molar-refractivity contribution >= 4 is 22.7 Å². The van der Waals surface area contributed by atoms with Crippen molar-refractivity contribution in [2.45, 2.75) is 27.2 Å². The number of aromatic amines is 1. The van der Waals surface area contributed by atoms with Crippen molar-refractivity contribution in [2.24, 2.45) is 0 Å². The third-order valence-corrected chi connectivity index (χ3v) is 5.93. The highest BCUT2D eigenvalue weighted by Gasteiger charge is 2.31. The topological polar surface area (TPSA) is 82.2 Å². The summed E-state index contributed by atoms with van der Waals surface area (Å²) in [5, 5.41) is 13.5. The Labute approximate surface area is 179 Å². The number of phenolic OH excluding ortho intramolecular Hbond substituents is 1. The van der Waals surface area contributed by atoms with E-state index in [1.54, 1.807) is 18.2 Å². The van der Waals surface area contributed by atoms with E-state index in [0.29, 0.717) is 17.5 Å². The molecule has 0 spiro atoms. The summed E-state index contributed by atoms with van der Waals surface area (Å²) < 4.78 is 0. The van der Waals surface area contributed by atoms with Crippen LogP contribution in [0.3, 0.4) is 0 Å². The number of carbonyl (C=O) groups is 2. The van der Waals surface area contributed by atoms with Gasteiger partial charge in [0.2, 0.25) is 0 Å². The Morgan fingerprint density at radius 1 is 0.839 bits per heavy atom. The molecule has 0 unspecified atom stereocenters. The van der Waals surface area contributed by atoms with E-state index >= 15 is 0 Å². The van der Waals surface area contributed by atoms with Crippen molar-refractivity contribution in [3.05, 3.63) is 76.3 Å². The van der Waals surface area contributed by atoms with Crippen LogP contribution in [0.15, 0.2) is 48.5 Å².